The van der Waals surface area contributed by atoms with E-state index in [0.29, 0.717) is 0 Å². The Morgan fingerprint density at radius 2 is 1.64 bits per heavy atom. The van der Waals surface area contributed by atoms with E-state index in [0.717, 1.165) is 10.7 Å². The molecule has 0 radical (unpaired) electrons. The third-order valence-corrected chi connectivity index (χ3v) is 1.65. The van der Waals surface area contributed by atoms with Crippen molar-refractivity contribution in [3.63, 3.8) is 0 Å². The van der Waals surface area contributed by atoms with E-state index < -0.39 is 5.12 Å². The number of nitrogens with zero attached hydrogens (tertiary/aromatic N) is 2. The van der Waals surface area contributed by atoms with Gasteiger partial charge in [-0.3, -0.25) is 5.73 Å². The Balaban J connectivity index is 2.81. The average Bonchev–Trinajstić information content (AvgIpc) is 2.21. The van der Waals surface area contributed by atoms with Gasteiger partial charge in [-0.05, 0) is 12.1 Å². The lowest BCUT2D eigenvalue weighted by atomic mass is 10.3. The van der Waals surface area contributed by atoms with Gasteiger partial charge in [0.05, 0.1) is 10.7 Å². The normalized spacial score (nSPS) is 18.4. The van der Waals surface area contributed by atoms with Gasteiger partial charge in [0.1, 0.15) is 0 Å². The average molecular weight is 165 g/mol. The summed E-state index contributed by atoms with van der Waals surface area (Å²) >= 11 is 4.04. The van der Waals surface area contributed by atoms with Gasteiger partial charge >= 0.3 is 0 Å². The molecular formula is C7H7N3S. The maximum Gasteiger partial charge on any atom is 0.250 e. The van der Waals surface area contributed by atoms with Crippen LogP contribution in [0.25, 0.3) is 0 Å². The molecule has 0 amide bonds. The highest BCUT2D eigenvalue weighted by atomic mass is 32.1. The maximum absolute atomic E-state index is 5.56. The topological polar surface area (TPSA) is 50.7 Å². The lowest BCUT2D eigenvalue weighted by Gasteiger charge is -2.05. The molecule has 4 heteroatoms. The van der Waals surface area contributed by atoms with E-state index in [9.17, 15) is 0 Å². The van der Waals surface area contributed by atoms with E-state index >= 15 is 0 Å². The molecule has 0 aliphatic carbocycles. The molecule has 2 rings (SSSR count). The first-order valence-corrected chi connectivity index (χ1v) is 3.68. The van der Waals surface area contributed by atoms with Crippen molar-refractivity contribution < 1.29 is 0 Å². The summed E-state index contributed by atoms with van der Waals surface area (Å²) < 4.78 is 0. The number of benzene rings is 1. The third kappa shape index (κ3) is 1.15. The predicted octanol–water partition coefficient (Wildman–Crippen LogP) is -0.561. The Hall–Kier alpha value is -0.870. The van der Waals surface area contributed by atoms with Gasteiger partial charge in [-0.15, -0.1) is 12.6 Å². The van der Waals surface area contributed by atoms with Crippen LogP contribution in [-0.4, -0.2) is 5.12 Å². The molecule has 0 bridgehead atoms. The maximum atomic E-state index is 5.56. The summed E-state index contributed by atoms with van der Waals surface area (Å²) in [6.45, 7) is 0. The number of para-hydroxylation sites is 2. The van der Waals surface area contributed by atoms with Crippen molar-refractivity contribution in [3.05, 3.63) is 35.0 Å². The number of thiol groups is 1. The molecule has 56 valence electrons. The molecule has 0 saturated heterocycles. The summed E-state index contributed by atoms with van der Waals surface area (Å²) in [6.07, 6.45) is 0. The van der Waals surface area contributed by atoms with Crippen molar-refractivity contribution in [1.82, 2.24) is 0 Å². The fraction of sp³-hybridized carbons (Fsp3) is 0.143. The largest absolute Gasteiger partial charge is 0.279 e. The van der Waals surface area contributed by atoms with Crippen LogP contribution < -0.4 is 16.4 Å². The first-order chi connectivity index (χ1) is 5.17. The van der Waals surface area contributed by atoms with Gasteiger partial charge < -0.3 is 0 Å². The van der Waals surface area contributed by atoms with Gasteiger partial charge in [-0.25, -0.2) is 9.98 Å². The van der Waals surface area contributed by atoms with Crippen LogP contribution >= 0.6 is 12.6 Å². The Labute approximate surface area is 69.1 Å². The van der Waals surface area contributed by atoms with E-state index in [1.54, 1.807) is 0 Å². The zero-order chi connectivity index (χ0) is 7.90. The molecule has 0 saturated carbocycles. The minimum absolute atomic E-state index is 0.810. The molecule has 0 fully saturated rings. The molecule has 1 aliphatic heterocycles. The minimum Gasteiger partial charge on any atom is -0.279 e. The van der Waals surface area contributed by atoms with Gasteiger partial charge in [-0.2, -0.15) is 0 Å². The molecule has 0 unspecified atom stereocenters. The van der Waals surface area contributed by atoms with Gasteiger partial charge in [0.15, 0.2) is 0 Å². The highest BCUT2D eigenvalue weighted by Crippen LogP contribution is 2.09. The zero-order valence-electron chi connectivity index (χ0n) is 5.73. The van der Waals surface area contributed by atoms with Crippen LogP contribution in [0.4, 0.5) is 0 Å². The molecule has 1 heterocycles. The number of hydrogen-bond acceptors (Lipinski definition) is 4. The predicted molar refractivity (Wildman–Crippen MR) is 44.7 cm³/mol. The molecule has 1 aliphatic rings. The number of rotatable bonds is 0. The molecule has 11 heavy (non-hydrogen) atoms. The van der Waals surface area contributed by atoms with E-state index in [2.05, 4.69) is 22.6 Å². The van der Waals surface area contributed by atoms with Crippen LogP contribution in [0.2, 0.25) is 0 Å². The van der Waals surface area contributed by atoms with Crippen molar-refractivity contribution in [1.29, 1.82) is 0 Å². The second kappa shape index (κ2) is 2.06. The van der Waals surface area contributed by atoms with Crippen molar-refractivity contribution in [2.45, 2.75) is 5.12 Å². The molecule has 0 atom stereocenters. The van der Waals surface area contributed by atoms with Crippen LogP contribution in [0.5, 0.6) is 0 Å². The van der Waals surface area contributed by atoms with Gasteiger partial charge in [-0.1, -0.05) is 12.1 Å². The van der Waals surface area contributed by atoms with Crippen molar-refractivity contribution in [3.8, 4) is 0 Å². The highest BCUT2D eigenvalue weighted by Gasteiger charge is 2.18. The smallest absolute Gasteiger partial charge is 0.250 e. The van der Waals surface area contributed by atoms with E-state index in [4.69, 9.17) is 5.73 Å². The molecular weight excluding hydrogens is 158 g/mol. The fourth-order valence-electron chi connectivity index (χ4n) is 1.03. The number of fused-ring (bicyclic) bond motifs is 1. The SMILES string of the molecule is NC1(S)N=c2ccccc2=N1. The van der Waals surface area contributed by atoms with Crippen LogP contribution in [0.3, 0.4) is 0 Å². The van der Waals surface area contributed by atoms with Crippen molar-refractivity contribution in [2.75, 3.05) is 0 Å². The number of nitrogens with two attached hydrogens (primary N) is 1. The summed E-state index contributed by atoms with van der Waals surface area (Å²) in [6, 6.07) is 7.52. The van der Waals surface area contributed by atoms with E-state index in [-0.39, 0.29) is 0 Å². The summed E-state index contributed by atoms with van der Waals surface area (Å²) in [5, 5.41) is 0.568. The first kappa shape index (κ1) is 6.82. The molecule has 1 aromatic rings. The molecule has 3 nitrogen and oxygen atoms in total. The minimum atomic E-state index is -1.05. The van der Waals surface area contributed by atoms with Gasteiger partial charge in [0.25, 0.3) is 5.12 Å². The Kier molecular flexibility index (Phi) is 1.27. The summed E-state index contributed by atoms with van der Waals surface area (Å²) in [7, 11) is 0. The first-order valence-electron chi connectivity index (χ1n) is 3.23. The van der Waals surface area contributed by atoms with Crippen LogP contribution in [0.1, 0.15) is 0 Å². The Morgan fingerprint density at radius 1 is 1.18 bits per heavy atom. The van der Waals surface area contributed by atoms with Crippen LogP contribution in [0, 0.1) is 0 Å². The van der Waals surface area contributed by atoms with Crippen LogP contribution in [0.15, 0.2) is 34.3 Å². The number of hydrogen-bond donors (Lipinski definition) is 2. The molecule has 2 N–H and O–H groups in total. The van der Waals surface area contributed by atoms with Gasteiger partial charge in [0, 0.05) is 0 Å². The highest BCUT2D eigenvalue weighted by molar-refractivity contribution is 7.81. The Morgan fingerprint density at radius 3 is 2.09 bits per heavy atom. The van der Waals surface area contributed by atoms with Crippen molar-refractivity contribution in [2.24, 2.45) is 15.7 Å². The van der Waals surface area contributed by atoms with E-state index in [1.165, 1.54) is 0 Å². The second-order valence-corrected chi connectivity index (χ2v) is 3.06. The molecule has 0 aromatic heterocycles. The summed E-state index contributed by atoms with van der Waals surface area (Å²) in [5.41, 5.74) is 5.56. The Bertz CT molecular complexity index is 359. The summed E-state index contributed by atoms with van der Waals surface area (Å²) in [5.74, 6) is 0. The summed E-state index contributed by atoms with van der Waals surface area (Å²) in [4.78, 5) is 8.12. The quantitative estimate of drug-likeness (QED) is 0.393. The lowest BCUT2D eigenvalue weighted by molar-refractivity contribution is 0.685. The molecule has 1 aromatic carbocycles. The van der Waals surface area contributed by atoms with Crippen LogP contribution in [-0.2, 0) is 0 Å². The fourth-order valence-corrected chi connectivity index (χ4v) is 1.25. The van der Waals surface area contributed by atoms with Gasteiger partial charge in [0.2, 0.25) is 0 Å². The monoisotopic (exact) mass is 165 g/mol. The zero-order valence-corrected chi connectivity index (χ0v) is 6.62. The second-order valence-electron chi connectivity index (χ2n) is 2.40. The lowest BCUT2D eigenvalue weighted by Crippen LogP contribution is -2.26. The van der Waals surface area contributed by atoms with Crippen molar-refractivity contribution >= 4 is 12.6 Å². The third-order valence-electron chi connectivity index (χ3n) is 1.45. The standard InChI is InChI=1S/C7H7N3S/c8-7(11)9-5-3-1-2-4-6(5)10-7/h1-4,11H,8H2. The molecule has 0 spiro atoms. The van der Waals surface area contributed by atoms with E-state index in [1.807, 2.05) is 24.3 Å².